The van der Waals surface area contributed by atoms with Crippen molar-refractivity contribution >= 4 is 5.91 Å². The first-order valence-electron chi connectivity index (χ1n) is 6.10. The highest BCUT2D eigenvalue weighted by Gasteiger charge is 2.30. The van der Waals surface area contributed by atoms with Gasteiger partial charge < -0.3 is 10.6 Å². The fraction of sp³-hybridized carbons (Fsp3) is 0.462. The van der Waals surface area contributed by atoms with Crippen LogP contribution in [0.25, 0.3) is 0 Å². The van der Waals surface area contributed by atoms with Crippen molar-refractivity contribution in [3.05, 3.63) is 35.4 Å². The third-order valence-corrected chi connectivity index (χ3v) is 3.20. The number of carbonyl (C=O) groups excluding carboxylic acids is 1. The Labute approximate surface area is 109 Å². The molecule has 1 heterocycles. The summed E-state index contributed by atoms with van der Waals surface area (Å²) < 4.78 is 37.2. The first-order chi connectivity index (χ1) is 8.88. The standard InChI is InChI=1S/C13H15F3N2O/c14-13(15,16)10-5-3-9(4-6-10)12(19)18-7-1-2-11(17)8-18/h3-6,11H,1-2,7-8,17H2. The lowest BCUT2D eigenvalue weighted by molar-refractivity contribution is -0.137. The zero-order valence-corrected chi connectivity index (χ0v) is 10.3. The predicted molar refractivity (Wildman–Crippen MR) is 64.6 cm³/mol. The van der Waals surface area contributed by atoms with Crippen molar-refractivity contribution in [1.29, 1.82) is 0 Å². The molecule has 0 spiro atoms. The molecule has 1 aromatic rings. The zero-order valence-electron chi connectivity index (χ0n) is 10.3. The monoisotopic (exact) mass is 272 g/mol. The van der Waals surface area contributed by atoms with Crippen LogP contribution in [0.3, 0.4) is 0 Å². The highest BCUT2D eigenvalue weighted by atomic mass is 19.4. The van der Waals surface area contributed by atoms with E-state index in [0.29, 0.717) is 13.1 Å². The number of amides is 1. The predicted octanol–water partition coefficient (Wildman–Crippen LogP) is 2.27. The van der Waals surface area contributed by atoms with Crippen LogP contribution in [0, 0.1) is 0 Å². The normalized spacial score (nSPS) is 20.4. The summed E-state index contributed by atoms with van der Waals surface area (Å²) in [7, 11) is 0. The van der Waals surface area contributed by atoms with Crippen LogP contribution in [0.5, 0.6) is 0 Å². The minimum Gasteiger partial charge on any atom is -0.337 e. The Balaban J connectivity index is 2.11. The van der Waals surface area contributed by atoms with E-state index in [1.807, 2.05) is 0 Å². The molecule has 19 heavy (non-hydrogen) atoms. The molecule has 0 saturated carbocycles. The first kappa shape index (κ1) is 13.9. The Morgan fingerprint density at radius 3 is 2.42 bits per heavy atom. The topological polar surface area (TPSA) is 46.3 Å². The molecule has 0 bridgehead atoms. The van der Waals surface area contributed by atoms with E-state index < -0.39 is 11.7 Å². The highest BCUT2D eigenvalue weighted by Crippen LogP contribution is 2.29. The van der Waals surface area contributed by atoms with Crippen molar-refractivity contribution in [2.45, 2.75) is 25.1 Å². The molecule has 1 saturated heterocycles. The molecule has 1 aromatic carbocycles. The SMILES string of the molecule is NC1CCCN(C(=O)c2ccc(C(F)(F)F)cc2)C1. The molecular formula is C13H15F3N2O. The fourth-order valence-corrected chi connectivity index (χ4v) is 2.18. The summed E-state index contributed by atoms with van der Waals surface area (Å²) in [5, 5.41) is 0. The second-order valence-electron chi connectivity index (χ2n) is 4.73. The van der Waals surface area contributed by atoms with Crippen molar-refractivity contribution < 1.29 is 18.0 Å². The van der Waals surface area contributed by atoms with Gasteiger partial charge in [0.15, 0.2) is 0 Å². The smallest absolute Gasteiger partial charge is 0.337 e. The molecule has 1 aliphatic heterocycles. The molecule has 0 aromatic heterocycles. The maximum absolute atomic E-state index is 12.4. The number of carbonyl (C=O) groups is 1. The molecule has 6 heteroatoms. The maximum Gasteiger partial charge on any atom is 0.416 e. The van der Waals surface area contributed by atoms with Gasteiger partial charge in [-0.25, -0.2) is 0 Å². The lowest BCUT2D eigenvalue weighted by Crippen LogP contribution is -2.45. The molecule has 1 amide bonds. The quantitative estimate of drug-likeness (QED) is 0.852. The molecule has 0 radical (unpaired) electrons. The van der Waals surface area contributed by atoms with Crippen molar-refractivity contribution in [3.8, 4) is 0 Å². The molecule has 104 valence electrons. The number of benzene rings is 1. The van der Waals surface area contributed by atoms with Gasteiger partial charge in [-0.05, 0) is 37.1 Å². The van der Waals surface area contributed by atoms with Crippen LogP contribution < -0.4 is 5.73 Å². The van der Waals surface area contributed by atoms with Crippen LogP contribution in [-0.2, 0) is 6.18 Å². The Hall–Kier alpha value is -1.56. The lowest BCUT2D eigenvalue weighted by atomic mass is 10.0. The van der Waals surface area contributed by atoms with E-state index in [1.54, 1.807) is 4.90 Å². The molecule has 1 unspecified atom stereocenters. The molecule has 3 nitrogen and oxygen atoms in total. The molecule has 1 fully saturated rings. The van der Waals surface area contributed by atoms with Crippen molar-refractivity contribution in [1.82, 2.24) is 4.90 Å². The first-order valence-corrected chi connectivity index (χ1v) is 6.10. The van der Waals surface area contributed by atoms with E-state index in [4.69, 9.17) is 5.73 Å². The maximum atomic E-state index is 12.4. The third-order valence-electron chi connectivity index (χ3n) is 3.20. The van der Waals surface area contributed by atoms with Gasteiger partial charge in [0, 0.05) is 24.7 Å². The second kappa shape index (κ2) is 5.21. The number of halogens is 3. The summed E-state index contributed by atoms with van der Waals surface area (Å²) in [6, 6.07) is 4.23. The fourth-order valence-electron chi connectivity index (χ4n) is 2.18. The van der Waals surface area contributed by atoms with E-state index in [1.165, 1.54) is 12.1 Å². The Morgan fingerprint density at radius 2 is 1.89 bits per heavy atom. The Kier molecular flexibility index (Phi) is 3.80. The minimum atomic E-state index is -4.38. The number of hydrogen-bond acceptors (Lipinski definition) is 2. The van der Waals surface area contributed by atoms with Gasteiger partial charge in [0.25, 0.3) is 5.91 Å². The number of piperidine rings is 1. The summed E-state index contributed by atoms with van der Waals surface area (Å²) in [4.78, 5) is 13.7. The molecule has 2 N–H and O–H groups in total. The Morgan fingerprint density at radius 1 is 1.26 bits per heavy atom. The zero-order chi connectivity index (χ0) is 14.0. The number of nitrogens with zero attached hydrogens (tertiary/aromatic N) is 1. The van der Waals surface area contributed by atoms with Crippen molar-refractivity contribution in [2.24, 2.45) is 5.73 Å². The average Bonchev–Trinajstić information content (AvgIpc) is 2.37. The highest BCUT2D eigenvalue weighted by molar-refractivity contribution is 5.94. The van der Waals surface area contributed by atoms with Gasteiger partial charge in [-0.2, -0.15) is 13.2 Å². The van der Waals surface area contributed by atoms with E-state index in [0.717, 1.165) is 25.0 Å². The van der Waals surface area contributed by atoms with Crippen LogP contribution in [0.1, 0.15) is 28.8 Å². The lowest BCUT2D eigenvalue weighted by Gasteiger charge is -2.30. The molecule has 0 aliphatic carbocycles. The number of alkyl halides is 3. The average molecular weight is 272 g/mol. The third kappa shape index (κ3) is 3.26. The van der Waals surface area contributed by atoms with Crippen LogP contribution in [0.4, 0.5) is 13.2 Å². The van der Waals surface area contributed by atoms with E-state index in [9.17, 15) is 18.0 Å². The summed E-state index contributed by atoms with van der Waals surface area (Å²) in [6.45, 7) is 1.06. The largest absolute Gasteiger partial charge is 0.416 e. The van der Waals surface area contributed by atoms with Gasteiger partial charge >= 0.3 is 6.18 Å². The number of rotatable bonds is 1. The van der Waals surface area contributed by atoms with Gasteiger partial charge in [0.2, 0.25) is 0 Å². The molecule has 1 aliphatic rings. The van der Waals surface area contributed by atoms with Gasteiger partial charge in [0.1, 0.15) is 0 Å². The van der Waals surface area contributed by atoms with Gasteiger partial charge in [-0.1, -0.05) is 0 Å². The summed E-state index contributed by atoms with van der Waals surface area (Å²) >= 11 is 0. The Bertz CT molecular complexity index is 456. The molecular weight excluding hydrogens is 257 g/mol. The number of nitrogens with two attached hydrogens (primary N) is 1. The second-order valence-corrected chi connectivity index (χ2v) is 4.73. The number of likely N-dealkylation sites (tertiary alicyclic amines) is 1. The number of hydrogen-bond donors (Lipinski definition) is 1. The van der Waals surface area contributed by atoms with Crippen molar-refractivity contribution in [3.63, 3.8) is 0 Å². The van der Waals surface area contributed by atoms with E-state index in [2.05, 4.69) is 0 Å². The minimum absolute atomic E-state index is 0.0489. The van der Waals surface area contributed by atoms with Crippen LogP contribution >= 0.6 is 0 Å². The molecule has 2 rings (SSSR count). The van der Waals surface area contributed by atoms with Crippen molar-refractivity contribution in [2.75, 3.05) is 13.1 Å². The van der Waals surface area contributed by atoms with Gasteiger partial charge in [-0.15, -0.1) is 0 Å². The van der Waals surface area contributed by atoms with Crippen LogP contribution in [-0.4, -0.2) is 29.9 Å². The van der Waals surface area contributed by atoms with E-state index >= 15 is 0 Å². The summed E-state index contributed by atoms with van der Waals surface area (Å²) in [5.74, 6) is -0.260. The van der Waals surface area contributed by atoms with Gasteiger partial charge in [0.05, 0.1) is 5.56 Å². The van der Waals surface area contributed by atoms with Crippen LogP contribution in [0.15, 0.2) is 24.3 Å². The van der Waals surface area contributed by atoms with E-state index in [-0.39, 0.29) is 17.5 Å². The summed E-state index contributed by atoms with van der Waals surface area (Å²) in [5.41, 5.74) is 5.29. The summed E-state index contributed by atoms with van der Waals surface area (Å²) in [6.07, 6.45) is -2.68. The van der Waals surface area contributed by atoms with Gasteiger partial charge in [-0.3, -0.25) is 4.79 Å². The molecule has 1 atom stereocenters. The van der Waals surface area contributed by atoms with Crippen LogP contribution in [0.2, 0.25) is 0 Å².